The molecule has 0 bridgehead atoms. The highest BCUT2D eigenvalue weighted by atomic mass is 16.5. The first-order valence-electron chi connectivity index (χ1n) is 7.07. The van der Waals surface area contributed by atoms with Crippen molar-refractivity contribution in [1.29, 1.82) is 0 Å². The van der Waals surface area contributed by atoms with Gasteiger partial charge in [-0.05, 0) is 24.3 Å². The highest BCUT2D eigenvalue weighted by Gasteiger charge is 2.11. The maximum Gasteiger partial charge on any atom is 0.273 e. The van der Waals surface area contributed by atoms with E-state index >= 15 is 0 Å². The van der Waals surface area contributed by atoms with Crippen LogP contribution in [0.1, 0.15) is 16.4 Å². The molecule has 6 heteroatoms. The highest BCUT2D eigenvalue weighted by molar-refractivity contribution is 5.91. The molecule has 0 atom stereocenters. The van der Waals surface area contributed by atoms with Crippen LogP contribution in [0.5, 0.6) is 5.75 Å². The van der Waals surface area contributed by atoms with Gasteiger partial charge in [-0.1, -0.05) is 12.1 Å². The van der Waals surface area contributed by atoms with E-state index in [0.717, 1.165) is 10.9 Å². The van der Waals surface area contributed by atoms with E-state index in [1.54, 1.807) is 12.3 Å². The first-order chi connectivity index (χ1) is 11.3. The standard InChI is InChI=1S/C17H15N3O3/c1-2-7-19-17(21)15-10-23-16(20-15)11-22-13-5-6-14-12(9-13)4-3-8-18-14/h2-6,8-10H,1,7,11H2,(H,19,21). The first-order valence-corrected chi connectivity index (χ1v) is 7.07. The Morgan fingerprint density at radius 3 is 3.17 bits per heavy atom. The molecular formula is C17H15N3O3. The lowest BCUT2D eigenvalue weighted by molar-refractivity contribution is 0.0953. The fraction of sp³-hybridized carbons (Fsp3) is 0.118. The minimum Gasteiger partial charge on any atom is -0.484 e. The normalized spacial score (nSPS) is 10.4. The number of hydrogen-bond acceptors (Lipinski definition) is 5. The van der Waals surface area contributed by atoms with E-state index in [9.17, 15) is 4.79 Å². The summed E-state index contributed by atoms with van der Waals surface area (Å²) in [5.74, 6) is 0.707. The highest BCUT2D eigenvalue weighted by Crippen LogP contribution is 2.19. The summed E-state index contributed by atoms with van der Waals surface area (Å²) in [4.78, 5) is 20.0. The number of benzene rings is 1. The summed E-state index contributed by atoms with van der Waals surface area (Å²) < 4.78 is 10.9. The van der Waals surface area contributed by atoms with Crippen LogP contribution in [0.2, 0.25) is 0 Å². The molecule has 0 radical (unpaired) electrons. The van der Waals surface area contributed by atoms with Crippen molar-refractivity contribution < 1.29 is 13.9 Å². The molecule has 0 saturated carbocycles. The molecule has 116 valence electrons. The molecule has 0 fully saturated rings. The van der Waals surface area contributed by atoms with E-state index < -0.39 is 0 Å². The lowest BCUT2D eigenvalue weighted by Gasteiger charge is -2.04. The second-order valence-electron chi connectivity index (χ2n) is 4.77. The van der Waals surface area contributed by atoms with Gasteiger partial charge in [0.05, 0.1) is 5.52 Å². The van der Waals surface area contributed by atoms with Crippen molar-refractivity contribution in [3.05, 3.63) is 67.0 Å². The minimum absolute atomic E-state index is 0.139. The summed E-state index contributed by atoms with van der Waals surface area (Å²) in [6, 6.07) is 9.43. The average Bonchev–Trinajstić information content (AvgIpc) is 3.07. The van der Waals surface area contributed by atoms with Crippen molar-refractivity contribution in [2.75, 3.05) is 6.54 Å². The second kappa shape index (κ2) is 6.74. The number of carbonyl (C=O) groups is 1. The molecule has 0 aliphatic carbocycles. The third-order valence-corrected chi connectivity index (χ3v) is 3.13. The van der Waals surface area contributed by atoms with Crippen molar-refractivity contribution in [3.8, 4) is 5.75 Å². The average molecular weight is 309 g/mol. The van der Waals surface area contributed by atoms with Crippen LogP contribution >= 0.6 is 0 Å². The molecular weight excluding hydrogens is 294 g/mol. The lowest BCUT2D eigenvalue weighted by atomic mass is 10.2. The predicted octanol–water partition coefficient (Wildman–Crippen LogP) is 2.72. The predicted molar refractivity (Wildman–Crippen MR) is 85.1 cm³/mol. The number of fused-ring (bicyclic) bond motifs is 1. The van der Waals surface area contributed by atoms with Gasteiger partial charge in [-0.2, -0.15) is 0 Å². The molecule has 0 saturated heterocycles. The number of rotatable bonds is 6. The van der Waals surface area contributed by atoms with Gasteiger partial charge in [-0.25, -0.2) is 4.98 Å². The molecule has 0 unspecified atom stereocenters. The quantitative estimate of drug-likeness (QED) is 0.708. The van der Waals surface area contributed by atoms with Gasteiger partial charge in [0.15, 0.2) is 12.3 Å². The Balaban J connectivity index is 1.64. The molecule has 3 rings (SSSR count). The number of ether oxygens (including phenoxy) is 1. The van der Waals surface area contributed by atoms with Crippen LogP contribution in [0.4, 0.5) is 0 Å². The molecule has 0 aliphatic rings. The summed E-state index contributed by atoms with van der Waals surface area (Å²) in [5.41, 5.74) is 1.12. The van der Waals surface area contributed by atoms with E-state index in [4.69, 9.17) is 9.15 Å². The maximum atomic E-state index is 11.7. The molecule has 2 aromatic heterocycles. The minimum atomic E-state index is -0.309. The first kappa shape index (κ1) is 14.8. The smallest absolute Gasteiger partial charge is 0.273 e. The Hall–Kier alpha value is -3.15. The Labute approximate surface area is 132 Å². The molecule has 3 aromatic rings. The Kier molecular flexibility index (Phi) is 4.33. The van der Waals surface area contributed by atoms with Crippen LogP contribution < -0.4 is 10.1 Å². The third-order valence-electron chi connectivity index (χ3n) is 3.13. The van der Waals surface area contributed by atoms with E-state index in [1.807, 2.05) is 30.3 Å². The van der Waals surface area contributed by atoms with Crippen LogP contribution in [0.25, 0.3) is 10.9 Å². The van der Waals surface area contributed by atoms with Gasteiger partial charge in [-0.3, -0.25) is 9.78 Å². The Bertz CT molecular complexity index is 842. The largest absolute Gasteiger partial charge is 0.484 e. The fourth-order valence-corrected chi connectivity index (χ4v) is 2.03. The van der Waals surface area contributed by atoms with E-state index in [1.165, 1.54) is 6.26 Å². The number of oxazole rings is 1. The zero-order chi connectivity index (χ0) is 16.1. The van der Waals surface area contributed by atoms with Crippen molar-refractivity contribution in [2.45, 2.75) is 6.61 Å². The van der Waals surface area contributed by atoms with Gasteiger partial charge in [0.25, 0.3) is 5.91 Å². The number of carbonyl (C=O) groups excluding carboxylic acids is 1. The van der Waals surface area contributed by atoms with Gasteiger partial charge >= 0.3 is 0 Å². The van der Waals surface area contributed by atoms with Crippen molar-refractivity contribution in [1.82, 2.24) is 15.3 Å². The number of nitrogens with zero attached hydrogens (tertiary/aromatic N) is 2. The van der Waals surface area contributed by atoms with E-state index in [0.29, 0.717) is 18.2 Å². The van der Waals surface area contributed by atoms with Gasteiger partial charge in [0, 0.05) is 18.1 Å². The summed E-state index contributed by atoms with van der Waals surface area (Å²) in [5, 5.41) is 3.62. The van der Waals surface area contributed by atoms with E-state index in [2.05, 4.69) is 21.9 Å². The summed E-state index contributed by atoms with van der Waals surface area (Å²) in [6.45, 7) is 4.05. The molecule has 23 heavy (non-hydrogen) atoms. The number of amides is 1. The zero-order valence-corrected chi connectivity index (χ0v) is 12.4. The monoisotopic (exact) mass is 309 g/mol. The van der Waals surface area contributed by atoms with Gasteiger partial charge in [-0.15, -0.1) is 6.58 Å². The SMILES string of the molecule is C=CCNC(=O)c1coc(COc2ccc3ncccc3c2)n1. The summed E-state index contributed by atoms with van der Waals surface area (Å²) >= 11 is 0. The number of aromatic nitrogens is 2. The van der Waals surface area contributed by atoms with E-state index in [-0.39, 0.29) is 18.2 Å². The molecule has 0 aliphatic heterocycles. The van der Waals surface area contributed by atoms with Crippen molar-refractivity contribution >= 4 is 16.8 Å². The van der Waals surface area contributed by atoms with Gasteiger partial charge in [0.1, 0.15) is 12.0 Å². The Morgan fingerprint density at radius 1 is 1.39 bits per heavy atom. The molecule has 2 heterocycles. The van der Waals surface area contributed by atoms with Crippen LogP contribution in [0.15, 0.2) is 59.9 Å². The molecule has 1 amide bonds. The Morgan fingerprint density at radius 2 is 2.30 bits per heavy atom. The van der Waals surface area contributed by atoms with Crippen LogP contribution in [0, 0.1) is 0 Å². The lowest BCUT2D eigenvalue weighted by Crippen LogP contribution is -2.23. The number of pyridine rings is 1. The third kappa shape index (κ3) is 3.55. The molecule has 1 aromatic carbocycles. The number of hydrogen-bond donors (Lipinski definition) is 1. The fourth-order valence-electron chi connectivity index (χ4n) is 2.03. The maximum absolute atomic E-state index is 11.7. The van der Waals surface area contributed by atoms with Crippen LogP contribution in [-0.2, 0) is 6.61 Å². The van der Waals surface area contributed by atoms with Crippen molar-refractivity contribution in [3.63, 3.8) is 0 Å². The zero-order valence-electron chi connectivity index (χ0n) is 12.4. The van der Waals surface area contributed by atoms with Gasteiger partial charge < -0.3 is 14.5 Å². The molecule has 6 nitrogen and oxygen atoms in total. The topological polar surface area (TPSA) is 77.2 Å². The summed E-state index contributed by atoms with van der Waals surface area (Å²) in [7, 11) is 0. The van der Waals surface area contributed by atoms with Crippen molar-refractivity contribution in [2.24, 2.45) is 0 Å². The molecule has 0 spiro atoms. The summed E-state index contributed by atoms with van der Waals surface area (Å²) in [6.07, 6.45) is 4.65. The molecule has 1 N–H and O–H groups in total. The van der Waals surface area contributed by atoms with Gasteiger partial charge in [0.2, 0.25) is 5.89 Å². The van der Waals surface area contributed by atoms with Crippen LogP contribution in [-0.4, -0.2) is 22.4 Å². The number of nitrogens with one attached hydrogen (secondary N) is 1. The second-order valence-corrected chi connectivity index (χ2v) is 4.77. The van der Waals surface area contributed by atoms with Crippen LogP contribution in [0.3, 0.4) is 0 Å².